The average Bonchev–Trinajstić information content (AvgIpc) is 2.65. The summed E-state index contributed by atoms with van der Waals surface area (Å²) in [6.45, 7) is 5.26. The van der Waals surface area contributed by atoms with Crippen LogP contribution in [0.1, 0.15) is 27.0 Å². The molecule has 3 rings (SSSR count). The van der Waals surface area contributed by atoms with Gasteiger partial charge in [0.1, 0.15) is 6.54 Å². The maximum atomic E-state index is 12.4. The number of nitrogens with zero attached hydrogens (tertiary/aromatic N) is 1. The van der Waals surface area contributed by atoms with E-state index in [2.05, 4.69) is 0 Å². The molecule has 0 atom stereocenters. The molecule has 1 heterocycles. The Kier molecular flexibility index (Phi) is 5.65. The van der Waals surface area contributed by atoms with Crippen LogP contribution in [-0.2, 0) is 14.3 Å². The number of benzene rings is 2. The molecule has 2 aromatic carbocycles. The average molecular weight is 383 g/mol. The van der Waals surface area contributed by atoms with Crippen LogP contribution in [0.3, 0.4) is 0 Å². The molecule has 6 heteroatoms. The number of ketones is 1. The van der Waals surface area contributed by atoms with Gasteiger partial charge in [0.2, 0.25) is 11.7 Å². The van der Waals surface area contributed by atoms with E-state index in [9.17, 15) is 14.4 Å². The Morgan fingerprint density at radius 2 is 1.78 bits per heavy atom. The molecule has 0 aromatic heterocycles. The van der Waals surface area contributed by atoms with Gasteiger partial charge in [-0.3, -0.25) is 19.3 Å². The number of hydrogen-bond acceptors (Lipinski definition) is 5. The van der Waals surface area contributed by atoms with Gasteiger partial charge in [-0.1, -0.05) is 18.2 Å². The number of Topliss-reactive ketones (excluding diaryl/α,β-unsaturated/α-hetero) is 1. The van der Waals surface area contributed by atoms with Crippen molar-refractivity contribution in [3.8, 4) is 0 Å². The van der Waals surface area contributed by atoms with Gasteiger partial charge in [0.05, 0.1) is 11.4 Å². The Morgan fingerprint density at radius 1 is 1.07 bits per heavy atom. The number of fused-ring (bicyclic) bond motifs is 1. The highest BCUT2D eigenvalue weighted by Crippen LogP contribution is 2.34. The van der Waals surface area contributed by atoms with E-state index in [1.165, 1.54) is 16.7 Å². The van der Waals surface area contributed by atoms with E-state index in [1.54, 1.807) is 6.07 Å². The van der Waals surface area contributed by atoms with Crippen molar-refractivity contribution in [3.05, 3.63) is 58.7 Å². The summed E-state index contributed by atoms with van der Waals surface area (Å²) in [5.74, 6) is -0.706. The monoisotopic (exact) mass is 383 g/mol. The highest BCUT2D eigenvalue weighted by Gasteiger charge is 2.27. The summed E-state index contributed by atoms with van der Waals surface area (Å²) in [6, 6.07) is 11.2. The number of ether oxygens (including phenoxy) is 1. The van der Waals surface area contributed by atoms with Gasteiger partial charge in [0, 0.05) is 10.5 Å². The van der Waals surface area contributed by atoms with Crippen LogP contribution in [0, 0.1) is 20.8 Å². The first kappa shape index (κ1) is 19.2. The van der Waals surface area contributed by atoms with Crippen LogP contribution in [-0.4, -0.2) is 36.6 Å². The summed E-state index contributed by atoms with van der Waals surface area (Å²) >= 11 is 1.45. The number of aryl methyl sites for hydroxylation is 3. The second kappa shape index (κ2) is 7.96. The molecule has 27 heavy (non-hydrogen) atoms. The number of hydrogen-bond donors (Lipinski definition) is 0. The topological polar surface area (TPSA) is 63.7 Å². The van der Waals surface area contributed by atoms with E-state index in [1.807, 2.05) is 51.1 Å². The summed E-state index contributed by atoms with van der Waals surface area (Å²) in [7, 11) is 0. The molecule has 0 N–H and O–H groups in total. The second-order valence-electron chi connectivity index (χ2n) is 6.57. The third-order valence-electron chi connectivity index (χ3n) is 4.60. The Hall–Kier alpha value is -2.60. The van der Waals surface area contributed by atoms with Gasteiger partial charge in [-0.15, -0.1) is 11.8 Å². The molecule has 0 saturated heterocycles. The predicted molar refractivity (Wildman–Crippen MR) is 105 cm³/mol. The minimum Gasteiger partial charge on any atom is -0.456 e. The molecular formula is C21H21NO4S. The largest absolute Gasteiger partial charge is 0.456 e. The zero-order chi connectivity index (χ0) is 19.6. The smallest absolute Gasteiger partial charge is 0.326 e. The third-order valence-corrected chi connectivity index (χ3v) is 5.65. The van der Waals surface area contributed by atoms with Crippen LogP contribution in [0.15, 0.2) is 41.3 Å². The Bertz CT molecular complexity index is 922. The zero-order valence-corrected chi connectivity index (χ0v) is 16.4. The number of carbonyl (C=O) groups excluding carboxylic acids is 3. The van der Waals surface area contributed by atoms with E-state index in [-0.39, 0.29) is 30.6 Å². The Labute approximate surface area is 162 Å². The van der Waals surface area contributed by atoms with Crippen molar-refractivity contribution in [2.75, 3.05) is 23.8 Å². The SMILES string of the molecule is Cc1cc(C)c(C(=O)COC(=O)CN2C(=O)CSc3ccccc32)cc1C. The van der Waals surface area contributed by atoms with Crippen LogP contribution < -0.4 is 4.90 Å². The van der Waals surface area contributed by atoms with Gasteiger partial charge in [-0.25, -0.2) is 0 Å². The first-order valence-electron chi connectivity index (χ1n) is 8.65. The molecule has 0 radical (unpaired) electrons. The lowest BCUT2D eigenvalue weighted by Crippen LogP contribution is -2.40. The molecule has 1 aliphatic rings. The zero-order valence-electron chi connectivity index (χ0n) is 15.6. The van der Waals surface area contributed by atoms with Gasteiger partial charge < -0.3 is 4.74 Å². The molecule has 0 fully saturated rings. The second-order valence-corrected chi connectivity index (χ2v) is 7.59. The number of rotatable bonds is 5. The summed E-state index contributed by atoms with van der Waals surface area (Å²) in [5, 5.41) is 0. The molecule has 1 amide bonds. The van der Waals surface area contributed by atoms with Crippen LogP contribution >= 0.6 is 11.8 Å². The first-order valence-corrected chi connectivity index (χ1v) is 9.64. The van der Waals surface area contributed by atoms with Crippen molar-refractivity contribution >= 4 is 35.1 Å². The van der Waals surface area contributed by atoms with E-state index in [0.717, 1.165) is 21.6 Å². The molecule has 0 aliphatic carbocycles. The number of carbonyl (C=O) groups is 3. The van der Waals surface area contributed by atoms with Gasteiger partial charge in [-0.2, -0.15) is 0 Å². The lowest BCUT2D eigenvalue weighted by atomic mass is 9.98. The Balaban J connectivity index is 1.64. The van der Waals surface area contributed by atoms with Crippen molar-refractivity contribution in [3.63, 3.8) is 0 Å². The van der Waals surface area contributed by atoms with Gasteiger partial charge >= 0.3 is 5.97 Å². The van der Waals surface area contributed by atoms with Crippen molar-refractivity contribution in [2.24, 2.45) is 0 Å². The predicted octanol–water partition coefficient (Wildman–Crippen LogP) is 3.48. The van der Waals surface area contributed by atoms with Crippen LogP contribution in [0.25, 0.3) is 0 Å². The minimum atomic E-state index is -0.597. The summed E-state index contributed by atoms with van der Waals surface area (Å²) in [6.07, 6.45) is 0. The molecule has 140 valence electrons. The molecule has 0 unspecified atom stereocenters. The summed E-state index contributed by atoms with van der Waals surface area (Å²) < 4.78 is 5.16. The maximum Gasteiger partial charge on any atom is 0.326 e. The standard InChI is InChI=1S/C21H21NO4S/c1-13-8-15(3)16(9-14(13)2)18(23)11-26-21(25)10-22-17-6-4-5-7-19(17)27-12-20(22)24/h4-9H,10-12H2,1-3H3. The maximum absolute atomic E-state index is 12.4. The summed E-state index contributed by atoms with van der Waals surface area (Å²) in [4.78, 5) is 39.2. The van der Waals surface area contributed by atoms with E-state index >= 15 is 0 Å². The van der Waals surface area contributed by atoms with Crippen molar-refractivity contribution in [1.82, 2.24) is 0 Å². The van der Waals surface area contributed by atoms with Gasteiger partial charge in [0.15, 0.2) is 6.61 Å². The van der Waals surface area contributed by atoms with Crippen LogP contribution in [0.5, 0.6) is 0 Å². The van der Waals surface area contributed by atoms with E-state index in [0.29, 0.717) is 11.3 Å². The minimum absolute atomic E-state index is 0.146. The van der Waals surface area contributed by atoms with Crippen molar-refractivity contribution < 1.29 is 19.1 Å². The number of anilines is 1. The van der Waals surface area contributed by atoms with Crippen molar-refractivity contribution in [1.29, 1.82) is 0 Å². The Morgan fingerprint density at radius 3 is 2.56 bits per heavy atom. The molecule has 0 spiro atoms. The molecule has 0 saturated carbocycles. The van der Waals surface area contributed by atoms with Gasteiger partial charge in [0.25, 0.3) is 0 Å². The lowest BCUT2D eigenvalue weighted by Gasteiger charge is -2.27. The quantitative estimate of drug-likeness (QED) is 0.584. The van der Waals surface area contributed by atoms with E-state index < -0.39 is 5.97 Å². The fourth-order valence-corrected chi connectivity index (χ4v) is 3.92. The number of amides is 1. The fourth-order valence-electron chi connectivity index (χ4n) is 2.99. The number of thioether (sulfide) groups is 1. The fraction of sp³-hybridized carbons (Fsp3) is 0.286. The molecule has 1 aliphatic heterocycles. The highest BCUT2D eigenvalue weighted by molar-refractivity contribution is 8.00. The third kappa shape index (κ3) is 4.22. The molecule has 5 nitrogen and oxygen atoms in total. The van der Waals surface area contributed by atoms with Crippen LogP contribution in [0.2, 0.25) is 0 Å². The molecule has 0 bridgehead atoms. The lowest BCUT2D eigenvalue weighted by molar-refractivity contribution is -0.141. The van der Waals surface area contributed by atoms with E-state index in [4.69, 9.17) is 4.74 Å². The van der Waals surface area contributed by atoms with Crippen molar-refractivity contribution in [2.45, 2.75) is 25.7 Å². The number of esters is 1. The first-order chi connectivity index (χ1) is 12.9. The van der Waals surface area contributed by atoms with Crippen LogP contribution in [0.4, 0.5) is 5.69 Å². The molecular weight excluding hydrogens is 362 g/mol. The summed E-state index contributed by atoms with van der Waals surface area (Å²) in [5.41, 5.74) is 4.24. The molecule has 2 aromatic rings. The highest BCUT2D eigenvalue weighted by atomic mass is 32.2. The number of para-hydroxylation sites is 1. The van der Waals surface area contributed by atoms with Gasteiger partial charge in [-0.05, 0) is 55.7 Å². The normalized spacial score (nSPS) is 13.3.